The Labute approximate surface area is 153 Å². The molecule has 0 heterocycles. The third-order valence-corrected chi connectivity index (χ3v) is 4.09. The molecule has 0 unspecified atom stereocenters. The van der Waals surface area contributed by atoms with E-state index < -0.39 is 23.2 Å². The van der Waals surface area contributed by atoms with Crippen LogP contribution < -0.4 is 5.32 Å². The summed E-state index contributed by atoms with van der Waals surface area (Å²) in [5.41, 5.74) is 0.302. The van der Waals surface area contributed by atoms with Crippen molar-refractivity contribution in [2.75, 3.05) is 18.4 Å². The van der Waals surface area contributed by atoms with Gasteiger partial charge in [0.05, 0.1) is 13.0 Å². The number of amides is 2. The lowest BCUT2D eigenvalue weighted by molar-refractivity contribution is -0.133. The lowest BCUT2D eigenvalue weighted by Crippen LogP contribution is -2.38. The Kier molecular flexibility index (Phi) is 6.64. The Balaban J connectivity index is 1.99. The van der Waals surface area contributed by atoms with E-state index in [4.69, 9.17) is 0 Å². The van der Waals surface area contributed by atoms with E-state index in [1.54, 1.807) is 6.92 Å². The molecule has 0 saturated carbocycles. The number of hydrogen-bond donors (Lipinski definition) is 1. The molecular formula is C18H17BrF2N2O2. The molecule has 2 amide bonds. The second kappa shape index (κ2) is 8.71. The van der Waals surface area contributed by atoms with Gasteiger partial charge in [0.1, 0.15) is 17.3 Å². The van der Waals surface area contributed by atoms with E-state index in [1.807, 2.05) is 24.3 Å². The van der Waals surface area contributed by atoms with E-state index in [9.17, 15) is 18.4 Å². The quantitative estimate of drug-likeness (QED) is 0.787. The van der Waals surface area contributed by atoms with Crippen molar-refractivity contribution in [2.45, 2.75) is 13.3 Å². The van der Waals surface area contributed by atoms with Crippen LogP contribution in [0.2, 0.25) is 0 Å². The van der Waals surface area contributed by atoms with Crippen molar-refractivity contribution < 1.29 is 18.4 Å². The molecule has 0 saturated heterocycles. The number of carbonyl (C=O) groups excluding carboxylic acids is 2. The molecule has 0 aliphatic heterocycles. The fourth-order valence-corrected chi connectivity index (χ4v) is 2.50. The second-order valence-corrected chi connectivity index (χ2v) is 6.27. The van der Waals surface area contributed by atoms with Crippen molar-refractivity contribution >= 4 is 33.4 Å². The van der Waals surface area contributed by atoms with E-state index in [2.05, 4.69) is 21.2 Å². The van der Waals surface area contributed by atoms with E-state index in [0.29, 0.717) is 6.54 Å². The minimum Gasteiger partial charge on any atom is -0.333 e. The smallest absolute Gasteiger partial charge is 0.244 e. The zero-order valence-electron chi connectivity index (χ0n) is 13.6. The number of nitrogens with zero attached hydrogens (tertiary/aromatic N) is 1. The minimum absolute atomic E-state index is 0.141. The first kappa shape index (κ1) is 19.1. The molecule has 0 bridgehead atoms. The zero-order chi connectivity index (χ0) is 18.4. The third kappa shape index (κ3) is 5.35. The number of benzene rings is 2. The molecule has 0 aliphatic rings. The maximum absolute atomic E-state index is 13.6. The van der Waals surface area contributed by atoms with Crippen molar-refractivity contribution in [1.82, 2.24) is 4.90 Å². The molecule has 0 atom stereocenters. The molecule has 2 rings (SSSR count). The molecule has 0 aromatic heterocycles. The molecule has 7 heteroatoms. The summed E-state index contributed by atoms with van der Waals surface area (Å²) in [6.07, 6.45) is 0.141. The Morgan fingerprint density at radius 3 is 2.24 bits per heavy atom. The maximum Gasteiger partial charge on any atom is 0.244 e. The summed E-state index contributed by atoms with van der Waals surface area (Å²) >= 11 is 3.32. The van der Waals surface area contributed by atoms with Gasteiger partial charge in [-0.2, -0.15) is 0 Å². The van der Waals surface area contributed by atoms with Crippen molar-refractivity contribution in [2.24, 2.45) is 0 Å². The lowest BCUT2D eigenvalue weighted by atomic mass is 10.1. The first-order chi connectivity index (χ1) is 11.9. The average molecular weight is 411 g/mol. The van der Waals surface area contributed by atoms with Crippen LogP contribution in [0.25, 0.3) is 0 Å². The molecule has 0 fully saturated rings. The van der Waals surface area contributed by atoms with Gasteiger partial charge in [-0.3, -0.25) is 9.59 Å². The monoisotopic (exact) mass is 410 g/mol. The van der Waals surface area contributed by atoms with E-state index >= 15 is 0 Å². The standard InChI is InChI=1S/C18H17BrF2N2O2/c1-2-23(17(25)10-12-6-8-13(19)9-7-12)11-16(24)22-18-14(20)4-3-5-15(18)21/h3-9H,2,10-11H2,1H3,(H,22,24). The van der Waals surface area contributed by atoms with E-state index in [1.165, 1.54) is 11.0 Å². The van der Waals surface area contributed by atoms with Crippen molar-refractivity contribution in [3.63, 3.8) is 0 Å². The average Bonchev–Trinajstić information content (AvgIpc) is 2.58. The van der Waals surface area contributed by atoms with Crippen LogP contribution >= 0.6 is 15.9 Å². The van der Waals surface area contributed by atoms with Gasteiger partial charge in [0.25, 0.3) is 0 Å². The Bertz CT molecular complexity index is 746. The van der Waals surface area contributed by atoms with Crippen LogP contribution in [0.3, 0.4) is 0 Å². The van der Waals surface area contributed by atoms with Crippen LogP contribution in [-0.2, 0) is 16.0 Å². The fraction of sp³-hybridized carbons (Fsp3) is 0.222. The largest absolute Gasteiger partial charge is 0.333 e. The fourth-order valence-electron chi connectivity index (χ4n) is 2.23. The Hall–Kier alpha value is -2.28. The number of carbonyl (C=O) groups is 2. The molecule has 25 heavy (non-hydrogen) atoms. The molecule has 2 aromatic carbocycles. The van der Waals surface area contributed by atoms with Gasteiger partial charge in [0.15, 0.2) is 0 Å². The van der Waals surface area contributed by atoms with Crippen LogP contribution in [-0.4, -0.2) is 29.8 Å². The van der Waals surface area contributed by atoms with E-state index in [-0.39, 0.29) is 18.9 Å². The summed E-state index contributed by atoms with van der Waals surface area (Å²) in [7, 11) is 0. The highest BCUT2D eigenvalue weighted by Gasteiger charge is 2.18. The molecular weight excluding hydrogens is 394 g/mol. The van der Waals surface area contributed by atoms with Crippen LogP contribution in [0.5, 0.6) is 0 Å². The van der Waals surface area contributed by atoms with Gasteiger partial charge in [0, 0.05) is 11.0 Å². The number of para-hydroxylation sites is 1. The summed E-state index contributed by atoms with van der Waals surface area (Å²) in [5, 5.41) is 2.18. The third-order valence-electron chi connectivity index (χ3n) is 3.56. The summed E-state index contributed by atoms with van der Waals surface area (Å²) in [6, 6.07) is 10.6. The van der Waals surface area contributed by atoms with Gasteiger partial charge in [-0.15, -0.1) is 0 Å². The summed E-state index contributed by atoms with van der Waals surface area (Å²) in [5.74, 6) is -2.63. The number of anilines is 1. The SMILES string of the molecule is CCN(CC(=O)Nc1c(F)cccc1F)C(=O)Cc1ccc(Br)cc1. The Morgan fingerprint density at radius 1 is 1.08 bits per heavy atom. The highest BCUT2D eigenvalue weighted by molar-refractivity contribution is 9.10. The van der Waals surface area contributed by atoms with Crippen molar-refractivity contribution in [3.8, 4) is 0 Å². The van der Waals surface area contributed by atoms with Crippen LogP contribution in [0, 0.1) is 11.6 Å². The zero-order valence-corrected chi connectivity index (χ0v) is 15.1. The van der Waals surface area contributed by atoms with Crippen molar-refractivity contribution in [3.05, 3.63) is 64.1 Å². The number of hydrogen-bond acceptors (Lipinski definition) is 2. The van der Waals surface area contributed by atoms with Gasteiger partial charge >= 0.3 is 0 Å². The molecule has 0 radical (unpaired) electrons. The predicted octanol–water partition coefficient (Wildman–Crippen LogP) is 3.76. The molecule has 1 N–H and O–H groups in total. The summed E-state index contributed by atoms with van der Waals surface area (Å²) in [6.45, 7) is 1.76. The van der Waals surface area contributed by atoms with Crippen LogP contribution in [0.1, 0.15) is 12.5 Å². The molecule has 0 spiro atoms. The normalized spacial score (nSPS) is 10.4. The summed E-state index contributed by atoms with van der Waals surface area (Å²) in [4.78, 5) is 25.7. The first-order valence-electron chi connectivity index (χ1n) is 7.66. The Morgan fingerprint density at radius 2 is 1.68 bits per heavy atom. The van der Waals surface area contributed by atoms with Gasteiger partial charge in [-0.25, -0.2) is 8.78 Å². The van der Waals surface area contributed by atoms with Gasteiger partial charge in [0.2, 0.25) is 11.8 Å². The first-order valence-corrected chi connectivity index (χ1v) is 8.46. The van der Waals surface area contributed by atoms with Gasteiger partial charge in [-0.1, -0.05) is 34.1 Å². The second-order valence-electron chi connectivity index (χ2n) is 5.36. The van der Waals surface area contributed by atoms with Crippen molar-refractivity contribution in [1.29, 1.82) is 0 Å². The van der Waals surface area contributed by atoms with Crippen LogP contribution in [0.4, 0.5) is 14.5 Å². The maximum atomic E-state index is 13.6. The number of rotatable bonds is 6. The van der Waals surface area contributed by atoms with Crippen LogP contribution in [0.15, 0.2) is 46.9 Å². The van der Waals surface area contributed by atoms with Gasteiger partial charge in [-0.05, 0) is 36.8 Å². The molecule has 4 nitrogen and oxygen atoms in total. The van der Waals surface area contributed by atoms with Gasteiger partial charge < -0.3 is 10.2 Å². The summed E-state index contributed by atoms with van der Waals surface area (Å²) < 4.78 is 28.0. The molecule has 2 aromatic rings. The van der Waals surface area contributed by atoms with E-state index in [0.717, 1.165) is 22.2 Å². The number of nitrogens with one attached hydrogen (secondary N) is 1. The lowest BCUT2D eigenvalue weighted by Gasteiger charge is -2.20. The minimum atomic E-state index is -0.863. The predicted molar refractivity (Wildman–Crippen MR) is 95.1 cm³/mol. The number of likely N-dealkylation sites (N-methyl/N-ethyl adjacent to an activating group) is 1. The number of halogens is 3. The molecule has 132 valence electrons. The highest BCUT2D eigenvalue weighted by atomic mass is 79.9. The topological polar surface area (TPSA) is 49.4 Å². The molecule has 0 aliphatic carbocycles. The highest BCUT2D eigenvalue weighted by Crippen LogP contribution is 2.18.